The van der Waals surface area contributed by atoms with Gasteiger partial charge in [-0.25, -0.2) is 4.98 Å². The summed E-state index contributed by atoms with van der Waals surface area (Å²) >= 11 is 11.4. The number of carbonyl (C=O) groups is 1. The minimum atomic E-state index is -4.60. The first-order valence-electron chi connectivity index (χ1n) is 6.22. The molecule has 2 N–H and O–H groups in total. The van der Waals surface area contributed by atoms with Gasteiger partial charge in [0.05, 0.1) is 5.56 Å². The topological polar surface area (TPSA) is 77.6 Å². The third-order valence-corrected chi connectivity index (χ3v) is 3.23. The molecule has 1 heterocycles. The molecule has 0 aliphatic heterocycles. The van der Waals surface area contributed by atoms with Crippen molar-refractivity contribution in [2.45, 2.75) is 6.18 Å². The number of amides is 1. The van der Waals surface area contributed by atoms with Crippen LogP contribution >= 0.6 is 23.2 Å². The summed E-state index contributed by atoms with van der Waals surface area (Å²) in [4.78, 5) is 19.7. The van der Waals surface area contributed by atoms with Crippen LogP contribution in [0.5, 0.6) is 5.88 Å². The fourth-order valence-corrected chi connectivity index (χ4v) is 1.91. The third-order valence-electron chi connectivity index (χ3n) is 2.71. The van der Waals surface area contributed by atoms with E-state index in [1.807, 2.05) is 0 Å². The lowest BCUT2D eigenvalue weighted by atomic mass is 10.1. The number of nitrogens with two attached hydrogens (primary N) is 1. The molecule has 0 saturated heterocycles. The van der Waals surface area contributed by atoms with E-state index in [4.69, 9.17) is 33.8 Å². The Bertz CT molecular complexity index is 793. The number of hydrogen-bond donors (Lipinski definition) is 1. The van der Waals surface area contributed by atoms with E-state index in [-0.39, 0.29) is 5.71 Å². The van der Waals surface area contributed by atoms with Crippen LogP contribution in [0.2, 0.25) is 10.0 Å². The Labute approximate surface area is 143 Å². The maximum Gasteiger partial charge on any atom is 0.417 e. The Morgan fingerprint density at radius 1 is 1.21 bits per heavy atom. The lowest BCUT2D eigenvalue weighted by molar-refractivity contribution is -0.137. The average molecular weight is 378 g/mol. The van der Waals surface area contributed by atoms with Gasteiger partial charge in [-0.1, -0.05) is 40.5 Å². The fourth-order valence-electron chi connectivity index (χ4n) is 1.58. The molecule has 126 valence electrons. The van der Waals surface area contributed by atoms with Gasteiger partial charge in [-0.2, -0.15) is 13.2 Å². The average Bonchev–Trinajstić information content (AvgIpc) is 2.49. The highest BCUT2D eigenvalue weighted by atomic mass is 35.5. The zero-order valence-electron chi connectivity index (χ0n) is 11.6. The van der Waals surface area contributed by atoms with Gasteiger partial charge in [0.2, 0.25) is 0 Å². The molecule has 2 rings (SSSR count). The minimum Gasteiger partial charge on any atom is -0.364 e. The zero-order chi connectivity index (χ0) is 17.9. The minimum absolute atomic E-state index is 0.274. The van der Waals surface area contributed by atoms with Crippen LogP contribution in [0.4, 0.5) is 13.2 Å². The number of oxime groups is 1. The SMILES string of the molecule is NC(=O)/C(=N/Oc1ncc(C(F)(F)F)cc1Cl)c1ccc(Cl)cc1. The number of carbonyl (C=O) groups excluding carboxylic acids is 1. The maximum atomic E-state index is 12.5. The summed E-state index contributed by atoms with van der Waals surface area (Å²) < 4.78 is 37.6. The largest absolute Gasteiger partial charge is 0.417 e. The van der Waals surface area contributed by atoms with Crippen molar-refractivity contribution >= 4 is 34.8 Å². The molecule has 0 bridgehead atoms. The van der Waals surface area contributed by atoms with Crippen LogP contribution in [0.15, 0.2) is 41.7 Å². The van der Waals surface area contributed by atoms with Crippen molar-refractivity contribution in [3.05, 3.63) is 57.7 Å². The van der Waals surface area contributed by atoms with Crippen LogP contribution in [0.25, 0.3) is 0 Å². The molecule has 0 spiro atoms. The first-order chi connectivity index (χ1) is 11.2. The summed E-state index contributed by atoms with van der Waals surface area (Å²) in [5.74, 6) is -1.32. The summed E-state index contributed by atoms with van der Waals surface area (Å²) in [6, 6.07) is 6.57. The molecule has 1 amide bonds. The van der Waals surface area contributed by atoms with E-state index in [9.17, 15) is 18.0 Å². The van der Waals surface area contributed by atoms with Crippen LogP contribution in [0, 0.1) is 0 Å². The number of aromatic nitrogens is 1. The third kappa shape index (κ3) is 4.36. The molecule has 5 nitrogen and oxygen atoms in total. The predicted octanol–water partition coefficient (Wildman–Crippen LogP) is 3.68. The highest BCUT2D eigenvalue weighted by molar-refractivity contribution is 6.44. The zero-order valence-corrected chi connectivity index (χ0v) is 13.2. The van der Waals surface area contributed by atoms with Gasteiger partial charge in [0.1, 0.15) is 5.02 Å². The van der Waals surface area contributed by atoms with E-state index in [0.29, 0.717) is 22.8 Å². The van der Waals surface area contributed by atoms with Gasteiger partial charge in [-0.3, -0.25) is 4.79 Å². The Morgan fingerprint density at radius 3 is 2.33 bits per heavy atom. The number of benzene rings is 1. The number of pyridine rings is 1. The van der Waals surface area contributed by atoms with Crippen LogP contribution in [0.1, 0.15) is 11.1 Å². The van der Waals surface area contributed by atoms with Crippen LogP contribution in [-0.4, -0.2) is 16.6 Å². The standard InChI is InChI=1S/C14H8Cl2F3N3O2/c15-9-3-1-7(2-4-9)11(12(20)23)22-24-13-10(16)5-8(6-21-13)14(17,18)19/h1-6H,(H2,20,23)/b22-11+. The number of nitrogens with zero attached hydrogens (tertiary/aromatic N) is 2. The summed E-state index contributed by atoms with van der Waals surface area (Å²) in [5.41, 5.74) is 4.19. The van der Waals surface area contributed by atoms with Gasteiger partial charge < -0.3 is 10.6 Å². The van der Waals surface area contributed by atoms with Gasteiger partial charge >= 0.3 is 6.18 Å². The molecule has 0 unspecified atom stereocenters. The van der Waals surface area contributed by atoms with Crippen LogP contribution < -0.4 is 10.6 Å². The van der Waals surface area contributed by atoms with Crippen molar-refractivity contribution in [1.29, 1.82) is 0 Å². The molecule has 1 aromatic heterocycles. The van der Waals surface area contributed by atoms with Crippen LogP contribution in [-0.2, 0) is 11.0 Å². The van der Waals surface area contributed by atoms with E-state index < -0.39 is 28.5 Å². The monoisotopic (exact) mass is 377 g/mol. The van der Waals surface area contributed by atoms with E-state index in [1.165, 1.54) is 24.3 Å². The number of halogens is 5. The molecule has 0 fully saturated rings. The van der Waals surface area contributed by atoms with Crippen molar-refractivity contribution in [1.82, 2.24) is 4.98 Å². The second kappa shape index (κ2) is 7.06. The van der Waals surface area contributed by atoms with Crippen molar-refractivity contribution < 1.29 is 22.8 Å². The predicted molar refractivity (Wildman–Crippen MR) is 82.1 cm³/mol. The van der Waals surface area contributed by atoms with E-state index in [0.717, 1.165) is 0 Å². The first-order valence-corrected chi connectivity index (χ1v) is 6.97. The smallest absolute Gasteiger partial charge is 0.364 e. The summed E-state index contributed by atoms with van der Waals surface area (Å²) in [5, 5.41) is 3.52. The number of alkyl halides is 3. The summed E-state index contributed by atoms with van der Waals surface area (Å²) in [6.07, 6.45) is -4.07. The molecule has 0 radical (unpaired) electrons. The van der Waals surface area contributed by atoms with E-state index in [2.05, 4.69) is 10.1 Å². The molecular weight excluding hydrogens is 370 g/mol. The molecule has 0 aliphatic rings. The Balaban J connectivity index is 2.30. The maximum absolute atomic E-state index is 12.5. The van der Waals surface area contributed by atoms with Gasteiger partial charge in [0, 0.05) is 16.8 Å². The molecule has 0 saturated carbocycles. The second-order valence-electron chi connectivity index (χ2n) is 4.41. The van der Waals surface area contributed by atoms with Crippen molar-refractivity contribution in [2.75, 3.05) is 0 Å². The number of primary amides is 1. The molecular formula is C14H8Cl2F3N3O2. The van der Waals surface area contributed by atoms with Gasteiger partial charge in [-0.15, -0.1) is 0 Å². The highest BCUT2D eigenvalue weighted by Crippen LogP contribution is 2.33. The van der Waals surface area contributed by atoms with Gasteiger partial charge in [0.25, 0.3) is 11.8 Å². The Kier molecular flexibility index (Phi) is 5.30. The van der Waals surface area contributed by atoms with Crippen molar-refractivity contribution in [3.8, 4) is 5.88 Å². The lowest BCUT2D eigenvalue weighted by Gasteiger charge is -2.08. The number of hydrogen-bond acceptors (Lipinski definition) is 4. The molecule has 1 aromatic carbocycles. The molecule has 24 heavy (non-hydrogen) atoms. The van der Waals surface area contributed by atoms with Gasteiger partial charge in [-0.05, 0) is 18.2 Å². The Hall–Kier alpha value is -2.32. The fraction of sp³-hybridized carbons (Fsp3) is 0.0714. The van der Waals surface area contributed by atoms with Crippen molar-refractivity contribution in [3.63, 3.8) is 0 Å². The molecule has 0 aliphatic carbocycles. The quantitative estimate of drug-likeness (QED) is 0.652. The normalized spacial score (nSPS) is 12.1. The second-order valence-corrected chi connectivity index (χ2v) is 5.25. The van der Waals surface area contributed by atoms with E-state index in [1.54, 1.807) is 0 Å². The van der Waals surface area contributed by atoms with E-state index >= 15 is 0 Å². The molecule has 0 atom stereocenters. The highest BCUT2D eigenvalue weighted by Gasteiger charge is 2.31. The molecule has 2 aromatic rings. The Morgan fingerprint density at radius 2 is 1.83 bits per heavy atom. The van der Waals surface area contributed by atoms with Gasteiger partial charge in [0.15, 0.2) is 5.71 Å². The first kappa shape index (κ1) is 18.0. The summed E-state index contributed by atoms with van der Waals surface area (Å²) in [7, 11) is 0. The number of rotatable bonds is 4. The van der Waals surface area contributed by atoms with Crippen molar-refractivity contribution in [2.24, 2.45) is 10.9 Å². The summed E-state index contributed by atoms with van der Waals surface area (Å²) in [6.45, 7) is 0. The van der Waals surface area contributed by atoms with Crippen LogP contribution in [0.3, 0.4) is 0 Å². The molecule has 10 heteroatoms. The lowest BCUT2D eigenvalue weighted by Crippen LogP contribution is -2.25.